The van der Waals surface area contributed by atoms with E-state index in [4.69, 9.17) is 18.0 Å². The fourth-order valence-corrected chi connectivity index (χ4v) is 23.9. The van der Waals surface area contributed by atoms with Crippen molar-refractivity contribution in [1.29, 1.82) is 0 Å². The molecule has 0 aliphatic carbocycles. The first-order valence-corrected chi connectivity index (χ1v) is 32.5. The number of hydrogen-bond donors (Lipinski definition) is 1. The van der Waals surface area contributed by atoms with Gasteiger partial charge in [0.15, 0.2) is 5.76 Å². The third-order valence-electron chi connectivity index (χ3n) is 15.2. The summed E-state index contributed by atoms with van der Waals surface area (Å²) in [6.07, 6.45) is 2.23. The zero-order chi connectivity index (χ0) is 53.8. The topological polar surface area (TPSA) is 78.1 Å². The zero-order valence-corrected chi connectivity index (χ0v) is 48.6. The van der Waals surface area contributed by atoms with Crippen LogP contribution in [-0.4, -0.2) is 36.4 Å². The average Bonchev–Trinajstić information content (AvgIpc) is 3.43. The van der Waals surface area contributed by atoms with Crippen molar-refractivity contribution in [1.82, 2.24) is 0 Å². The summed E-state index contributed by atoms with van der Waals surface area (Å²) in [6, 6.07) is 74.4. The lowest BCUT2D eigenvalue weighted by Gasteiger charge is -2.44. The Morgan fingerprint density at radius 1 is 0.500 bits per heavy atom. The lowest BCUT2D eigenvalue weighted by Crippen LogP contribution is -2.69. The van der Waals surface area contributed by atoms with Gasteiger partial charge in [0.1, 0.15) is 22.5 Å². The van der Waals surface area contributed by atoms with E-state index in [1.54, 1.807) is 0 Å². The summed E-state index contributed by atoms with van der Waals surface area (Å²) in [6.45, 7) is 20.3. The van der Waals surface area contributed by atoms with Crippen molar-refractivity contribution in [2.75, 3.05) is 6.61 Å². The van der Waals surface area contributed by atoms with Crippen LogP contribution in [0, 0.1) is 0 Å². The number of unbranched alkanes of at least 4 members (excludes halogenated alkanes) is 1. The average molecular weight is 1060 g/mol. The van der Waals surface area contributed by atoms with Gasteiger partial charge in [-0.05, 0) is 64.6 Å². The normalized spacial score (nSPS) is 12.6. The third kappa shape index (κ3) is 10.1. The van der Waals surface area contributed by atoms with Gasteiger partial charge < -0.3 is 22.8 Å². The van der Waals surface area contributed by atoms with E-state index in [1.807, 2.05) is 84.9 Å². The van der Waals surface area contributed by atoms with Crippen molar-refractivity contribution < 1.29 is 22.8 Å². The van der Waals surface area contributed by atoms with E-state index in [2.05, 4.69) is 196 Å². The van der Waals surface area contributed by atoms with Crippen LogP contribution in [0.3, 0.4) is 0 Å². The van der Waals surface area contributed by atoms with Gasteiger partial charge in [-0.1, -0.05) is 275 Å². The molecule has 0 aliphatic heterocycles. The number of ether oxygens (including phenoxy) is 1. The third-order valence-corrected chi connectivity index (χ3v) is 29.6. The maximum Gasteiger partial charge on any atom is 0.319 e. The second-order valence-corrected chi connectivity index (χ2v) is 35.2. The van der Waals surface area contributed by atoms with Gasteiger partial charge in [0, 0.05) is 17.7 Å². The molecule has 0 fully saturated rings. The molecule has 9 heteroatoms. The molecule has 0 bridgehead atoms. The minimum Gasteiger partial charge on any atom is -0.534 e. The second-order valence-electron chi connectivity index (χ2n) is 22.8. The molecule has 9 aromatic rings. The van der Waals surface area contributed by atoms with Gasteiger partial charge in [0.25, 0.3) is 8.32 Å². The second kappa shape index (κ2) is 21.9. The molecule has 8 aromatic carbocycles. The molecule has 0 aliphatic rings. The van der Waals surface area contributed by atoms with Crippen molar-refractivity contribution >= 4 is 67.0 Å². The highest BCUT2D eigenvalue weighted by Gasteiger charge is 2.55. The van der Waals surface area contributed by atoms with Crippen LogP contribution >= 0.6 is 0 Å². The fourth-order valence-electron chi connectivity index (χ4n) is 11.4. The molecular weight excluding hydrogens is 985 g/mol. The molecule has 76 heavy (non-hydrogen) atoms. The van der Waals surface area contributed by atoms with Crippen molar-refractivity contribution in [3.63, 3.8) is 0 Å². The summed E-state index contributed by atoms with van der Waals surface area (Å²) < 4.78 is 29.6. The minimum absolute atomic E-state index is 0.136. The Hall–Kier alpha value is -7.02. The van der Waals surface area contributed by atoms with Gasteiger partial charge in [-0.3, -0.25) is 4.79 Å². The van der Waals surface area contributed by atoms with Crippen molar-refractivity contribution in [2.24, 2.45) is 0 Å². The van der Waals surface area contributed by atoms with Gasteiger partial charge in [-0.2, -0.15) is 0 Å². The lowest BCUT2D eigenvalue weighted by molar-refractivity contribution is 0.301. The van der Waals surface area contributed by atoms with Crippen LogP contribution in [0.2, 0.25) is 15.1 Å². The smallest absolute Gasteiger partial charge is 0.319 e. The first kappa shape index (κ1) is 53.8. The summed E-state index contributed by atoms with van der Waals surface area (Å²) in [5.41, 5.74) is 1.76. The molecule has 388 valence electrons. The van der Waals surface area contributed by atoms with Crippen LogP contribution in [0.15, 0.2) is 228 Å². The summed E-state index contributed by atoms with van der Waals surface area (Å²) in [7, 11) is -9.91. The van der Waals surface area contributed by atoms with Crippen LogP contribution in [0.5, 0.6) is 17.2 Å². The van der Waals surface area contributed by atoms with E-state index in [0.29, 0.717) is 46.8 Å². The molecule has 1 N–H and O–H groups in total. The van der Waals surface area contributed by atoms with Gasteiger partial charge in [-0.25, -0.2) is 0 Å². The zero-order valence-electron chi connectivity index (χ0n) is 45.6. The van der Waals surface area contributed by atoms with Crippen LogP contribution in [0.4, 0.5) is 0 Å². The summed E-state index contributed by atoms with van der Waals surface area (Å²) in [5, 5.41) is 5.25. The highest BCUT2D eigenvalue weighted by molar-refractivity contribution is 7.01. The van der Waals surface area contributed by atoms with E-state index in [0.717, 1.165) is 49.5 Å². The Morgan fingerprint density at radius 2 is 0.895 bits per heavy atom. The predicted octanol–water partition coefficient (Wildman–Crippen LogP) is 12.6. The monoisotopic (exact) mass is 1060 g/mol. The largest absolute Gasteiger partial charge is 0.534 e. The number of fused-ring (bicyclic) bond motifs is 1. The summed E-state index contributed by atoms with van der Waals surface area (Å²) >= 11 is 0. The van der Waals surface area contributed by atoms with Gasteiger partial charge >= 0.3 is 16.6 Å². The maximum absolute atomic E-state index is 15.9. The van der Waals surface area contributed by atoms with Crippen molar-refractivity contribution in [2.45, 2.75) is 96.7 Å². The molecule has 0 unspecified atom stereocenters. The van der Waals surface area contributed by atoms with Crippen molar-refractivity contribution in [3.05, 3.63) is 234 Å². The van der Waals surface area contributed by atoms with Gasteiger partial charge in [-0.15, -0.1) is 0 Å². The number of hydrogen-bond acceptors (Lipinski definition) is 6. The van der Waals surface area contributed by atoms with E-state index >= 15 is 4.79 Å². The molecule has 9 rings (SSSR count). The Kier molecular flexibility index (Phi) is 15.5. The molecule has 6 nitrogen and oxygen atoms in total. The first-order valence-electron chi connectivity index (χ1n) is 26.7. The number of benzene rings is 8. The molecule has 0 saturated carbocycles. The molecule has 1 heterocycles. The minimum atomic E-state index is -3.37. The summed E-state index contributed by atoms with van der Waals surface area (Å²) in [5.74, 6) is 1.38. The highest BCUT2D eigenvalue weighted by Crippen LogP contribution is 2.45. The molecule has 0 amide bonds. The fraction of sp³-hybridized carbons (Fsp3) is 0.239. The first-order chi connectivity index (χ1) is 36.4. The molecule has 0 spiro atoms. The van der Waals surface area contributed by atoms with Crippen LogP contribution in [0.1, 0.15) is 80.7 Å². The van der Waals surface area contributed by atoms with E-state index in [1.165, 1.54) is 0 Å². The number of rotatable bonds is 18. The molecule has 0 atom stereocenters. The standard InChI is InChI=1S/C67H72O6Si3/c1-10-11-46-70-64-62(68)61-59(71-63(64)51-44-42-50(43-45-51)49-67(8,9)74(69,53-30-18-12-19-31-53)54-32-20-13-21-33-54)47-52(72-75(65(2,3)4,55-34-22-14-23-35-55)56-36-24-15-25-37-56)48-60(61)73-76(66(5,6)7,57-38-26-16-27-39-57)58-40-28-17-29-41-58/h12-45,47-48,69H,10-11,46,49H2,1-9H3. The Balaban J connectivity index is 1.27. The lowest BCUT2D eigenvalue weighted by atomic mass is 9.99. The molecular formula is C67H72O6Si3. The van der Waals surface area contributed by atoms with E-state index in [-0.39, 0.29) is 16.2 Å². The molecule has 0 radical (unpaired) electrons. The van der Waals surface area contributed by atoms with Crippen LogP contribution in [0.25, 0.3) is 22.3 Å². The SMILES string of the molecule is CCCCOc1c(-c2ccc(CC(C)(C)[Si](O)(c3ccccc3)c3ccccc3)cc2)oc2cc(O[Si](c3ccccc3)(c3ccccc3)C(C)(C)C)cc(O[Si](c3ccccc3)(c3ccccc3)C(C)(C)C)c2c1=O. The molecule has 0 saturated heterocycles. The predicted molar refractivity (Wildman–Crippen MR) is 323 cm³/mol. The maximum atomic E-state index is 15.9. The van der Waals surface area contributed by atoms with Gasteiger partial charge in [0.2, 0.25) is 11.2 Å². The Morgan fingerprint density at radius 3 is 1.29 bits per heavy atom. The van der Waals surface area contributed by atoms with Gasteiger partial charge in [0.05, 0.1) is 6.61 Å². The molecule has 1 aromatic heterocycles. The Labute approximate surface area is 453 Å². The van der Waals surface area contributed by atoms with Crippen LogP contribution < -0.4 is 50.1 Å². The van der Waals surface area contributed by atoms with E-state index < -0.39 is 35.0 Å². The van der Waals surface area contributed by atoms with Crippen molar-refractivity contribution in [3.8, 4) is 28.6 Å². The Bertz CT molecular complexity index is 3290. The van der Waals surface area contributed by atoms with Crippen LogP contribution in [-0.2, 0) is 6.42 Å². The summed E-state index contributed by atoms with van der Waals surface area (Å²) in [4.78, 5) is 28.9. The van der Waals surface area contributed by atoms with E-state index in [9.17, 15) is 4.80 Å². The quantitative estimate of drug-likeness (QED) is 0.0681. The highest BCUT2D eigenvalue weighted by atomic mass is 28.4.